The van der Waals surface area contributed by atoms with Crippen LogP contribution in [0, 0.1) is 0 Å². The molecule has 1 N–H and O–H groups in total. The molecule has 0 bridgehead atoms. The first kappa shape index (κ1) is 11.0. The maximum Gasteiger partial charge on any atom is 0.110 e. The van der Waals surface area contributed by atoms with Gasteiger partial charge in [-0.15, -0.1) is 11.3 Å². The Hall–Kier alpha value is -0.450. The molecule has 4 heteroatoms. The minimum Gasteiger partial charge on any atom is -0.396 e. The van der Waals surface area contributed by atoms with Crippen LogP contribution in [0.3, 0.4) is 0 Å². The van der Waals surface area contributed by atoms with Crippen LogP contribution >= 0.6 is 11.3 Å². The fraction of sp³-hybridized carbons (Fsp3) is 0.727. The molecule has 2 rings (SSSR count). The van der Waals surface area contributed by atoms with E-state index in [0.717, 1.165) is 0 Å². The van der Waals surface area contributed by atoms with Crippen LogP contribution in [0.15, 0.2) is 6.20 Å². The van der Waals surface area contributed by atoms with E-state index >= 15 is 0 Å². The van der Waals surface area contributed by atoms with Crippen LogP contribution in [0.4, 0.5) is 0 Å². The van der Waals surface area contributed by atoms with E-state index in [1.54, 1.807) is 11.3 Å². The standard InChI is InChI=1S/C11H18N2OS/c1-8(7-14)10-6-12-11(15-10)9-4-3-5-13(9)2/h6,8-9,14H,3-5,7H2,1-2H3. The highest BCUT2D eigenvalue weighted by Crippen LogP contribution is 2.34. The summed E-state index contributed by atoms with van der Waals surface area (Å²) in [6.07, 6.45) is 4.41. The largest absolute Gasteiger partial charge is 0.396 e. The van der Waals surface area contributed by atoms with Gasteiger partial charge in [-0.1, -0.05) is 6.92 Å². The Balaban J connectivity index is 2.12. The lowest BCUT2D eigenvalue weighted by molar-refractivity contribution is 0.274. The molecule has 0 aromatic carbocycles. The van der Waals surface area contributed by atoms with Crippen molar-refractivity contribution in [3.05, 3.63) is 16.1 Å². The number of aromatic nitrogens is 1. The van der Waals surface area contributed by atoms with Gasteiger partial charge < -0.3 is 5.11 Å². The topological polar surface area (TPSA) is 36.4 Å². The Morgan fingerprint density at radius 3 is 3.13 bits per heavy atom. The van der Waals surface area contributed by atoms with Crippen molar-refractivity contribution >= 4 is 11.3 Å². The average Bonchev–Trinajstić information content (AvgIpc) is 2.84. The molecule has 15 heavy (non-hydrogen) atoms. The second kappa shape index (κ2) is 4.60. The van der Waals surface area contributed by atoms with E-state index in [1.807, 2.05) is 13.1 Å². The summed E-state index contributed by atoms with van der Waals surface area (Å²) in [4.78, 5) is 8.05. The van der Waals surface area contributed by atoms with Crippen LogP contribution in [-0.4, -0.2) is 35.2 Å². The van der Waals surface area contributed by atoms with Gasteiger partial charge in [-0.25, -0.2) is 4.98 Å². The highest BCUT2D eigenvalue weighted by Gasteiger charge is 2.25. The van der Waals surface area contributed by atoms with Gasteiger partial charge in [0.15, 0.2) is 0 Å². The number of likely N-dealkylation sites (tertiary alicyclic amines) is 1. The Kier molecular flexibility index (Phi) is 3.38. The summed E-state index contributed by atoms with van der Waals surface area (Å²) >= 11 is 1.75. The molecule has 0 radical (unpaired) electrons. The van der Waals surface area contributed by atoms with E-state index in [4.69, 9.17) is 5.11 Å². The van der Waals surface area contributed by atoms with Gasteiger partial charge >= 0.3 is 0 Å². The van der Waals surface area contributed by atoms with Crippen molar-refractivity contribution < 1.29 is 5.11 Å². The second-order valence-electron chi connectivity index (χ2n) is 4.32. The first-order valence-corrected chi connectivity index (χ1v) is 6.30. The monoisotopic (exact) mass is 226 g/mol. The first-order chi connectivity index (χ1) is 7.22. The lowest BCUT2D eigenvalue weighted by Crippen LogP contribution is -2.17. The molecule has 2 heterocycles. The summed E-state index contributed by atoms with van der Waals surface area (Å²) in [5.74, 6) is 0.225. The number of aliphatic hydroxyl groups is 1. The minimum absolute atomic E-state index is 0.210. The Morgan fingerprint density at radius 1 is 1.73 bits per heavy atom. The molecular weight excluding hydrogens is 208 g/mol. The van der Waals surface area contributed by atoms with Crippen molar-refractivity contribution in [3.8, 4) is 0 Å². The van der Waals surface area contributed by atoms with Gasteiger partial charge in [0.25, 0.3) is 0 Å². The SMILES string of the molecule is CC(CO)c1cnc(C2CCCN2C)s1. The molecule has 0 aliphatic carbocycles. The van der Waals surface area contributed by atoms with E-state index in [2.05, 4.69) is 16.9 Å². The molecule has 1 aliphatic rings. The number of nitrogens with zero attached hydrogens (tertiary/aromatic N) is 2. The van der Waals surface area contributed by atoms with Crippen molar-refractivity contribution in [2.24, 2.45) is 0 Å². The van der Waals surface area contributed by atoms with Gasteiger partial charge in [-0.2, -0.15) is 0 Å². The van der Waals surface area contributed by atoms with Gasteiger partial charge in [-0.3, -0.25) is 4.90 Å². The smallest absolute Gasteiger partial charge is 0.110 e. The Morgan fingerprint density at radius 2 is 2.53 bits per heavy atom. The second-order valence-corrected chi connectivity index (χ2v) is 5.42. The van der Waals surface area contributed by atoms with E-state index in [0.29, 0.717) is 6.04 Å². The molecule has 0 saturated carbocycles. The van der Waals surface area contributed by atoms with Crippen LogP contribution in [0.2, 0.25) is 0 Å². The van der Waals surface area contributed by atoms with E-state index in [-0.39, 0.29) is 12.5 Å². The fourth-order valence-corrected chi connectivity index (χ4v) is 3.16. The van der Waals surface area contributed by atoms with Crippen molar-refractivity contribution in [2.75, 3.05) is 20.2 Å². The normalized spacial score (nSPS) is 24.6. The van der Waals surface area contributed by atoms with E-state index in [9.17, 15) is 0 Å². The molecule has 2 atom stereocenters. The third-order valence-corrected chi connectivity index (χ3v) is 4.44. The summed E-state index contributed by atoms with van der Waals surface area (Å²) in [5, 5.41) is 10.3. The van der Waals surface area contributed by atoms with Gasteiger partial charge in [-0.05, 0) is 26.4 Å². The van der Waals surface area contributed by atoms with Crippen LogP contribution in [0.25, 0.3) is 0 Å². The molecule has 0 spiro atoms. The molecule has 1 aromatic rings. The summed E-state index contributed by atoms with van der Waals surface area (Å²) in [5.41, 5.74) is 0. The highest BCUT2D eigenvalue weighted by atomic mass is 32.1. The molecule has 0 amide bonds. The molecule has 1 saturated heterocycles. The van der Waals surface area contributed by atoms with Gasteiger partial charge in [0.1, 0.15) is 5.01 Å². The molecular formula is C11H18N2OS. The molecule has 1 fully saturated rings. The first-order valence-electron chi connectivity index (χ1n) is 5.49. The lowest BCUT2D eigenvalue weighted by atomic mass is 10.2. The number of hydrogen-bond donors (Lipinski definition) is 1. The third-order valence-electron chi connectivity index (χ3n) is 3.11. The average molecular weight is 226 g/mol. The zero-order chi connectivity index (χ0) is 10.8. The molecule has 1 aliphatic heterocycles. The maximum atomic E-state index is 9.08. The summed E-state index contributed by atoms with van der Waals surface area (Å²) in [6, 6.07) is 0.509. The van der Waals surface area contributed by atoms with Gasteiger partial charge in [0, 0.05) is 17.0 Å². The molecule has 1 aromatic heterocycles. The van der Waals surface area contributed by atoms with Gasteiger partial charge in [0.05, 0.1) is 12.6 Å². The fourth-order valence-electron chi connectivity index (χ4n) is 1.99. The zero-order valence-corrected chi connectivity index (χ0v) is 10.1. The van der Waals surface area contributed by atoms with E-state index < -0.39 is 0 Å². The molecule has 84 valence electrons. The van der Waals surface area contributed by atoms with Gasteiger partial charge in [0.2, 0.25) is 0 Å². The van der Waals surface area contributed by atoms with Crippen molar-refractivity contribution in [3.63, 3.8) is 0 Å². The number of rotatable bonds is 3. The number of aliphatic hydroxyl groups excluding tert-OH is 1. The predicted octanol–water partition coefficient (Wildman–Crippen LogP) is 2.01. The summed E-state index contributed by atoms with van der Waals surface area (Å²) in [7, 11) is 2.16. The quantitative estimate of drug-likeness (QED) is 0.856. The minimum atomic E-state index is 0.210. The maximum absolute atomic E-state index is 9.08. The van der Waals surface area contributed by atoms with Crippen LogP contribution in [0.1, 0.15) is 41.6 Å². The summed E-state index contributed by atoms with van der Waals surface area (Å²) in [6.45, 7) is 3.42. The Labute approximate surface area is 94.8 Å². The van der Waals surface area contributed by atoms with E-state index in [1.165, 1.54) is 29.3 Å². The summed E-state index contributed by atoms with van der Waals surface area (Å²) < 4.78 is 0. The number of thiazole rings is 1. The van der Waals surface area contributed by atoms with Crippen molar-refractivity contribution in [1.82, 2.24) is 9.88 Å². The highest BCUT2D eigenvalue weighted by molar-refractivity contribution is 7.11. The third kappa shape index (κ3) is 2.22. The van der Waals surface area contributed by atoms with Crippen LogP contribution in [0.5, 0.6) is 0 Å². The lowest BCUT2D eigenvalue weighted by Gasteiger charge is -2.16. The molecule has 3 nitrogen and oxygen atoms in total. The molecule has 2 unspecified atom stereocenters. The van der Waals surface area contributed by atoms with Crippen molar-refractivity contribution in [2.45, 2.75) is 31.7 Å². The zero-order valence-electron chi connectivity index (χ0n) is 9.31. The predicted molar refractivity (Wildman–Crippen MR) is 62.2 cm³/mol. The van der Waals surface area contributed by atoms with Crippen LogP contribution < -0.4 is 0 Å². The van der Waals surface area contributed by atoms with Crippen molar-refractivity contribution in [1.29, 1.82) is 0 Å². The number of hydrogen-bond acceptors (Lipinski definition) is 4. The van der Waals surface area contributed by atoms with Crippen LogP contribution in [-0.2, 0) is 0 Å². The Bertz CT molecular complexity index is 326.